The highest BCUT2D eigenvalue weighted by atomic mass is 19.4. The summed E-state index contributed by atoms with van der Waals surface area (Å²) < 4.78 is 56.5. The fourth-order valence-electron chi connectivity index (χ4n) is 2.74. The highest BCUT2D eigenvalue weighted by molar-refractivity contribution is 5.81. The number of alkyl halides is 3. The van der Waals surface area contributed by atoms with Crippen molar-refractivity contribution in [1.82, 2.24) is 29.5 Å². The molecule has 0 amide bonds. The number of anilines is 1. The second-order valence-corrected chi connectivity index (χ2v) is 6.20. The first-order chi connectivity index (χ1) is 13.6. The van der Waals surface area contributed by atoms with E-state index in [2.05, 4.69) is 30.7 Å². The van der Waals surface area contributed by atoms with Gasteiger partial charge in [0.2, 0.25) is 11.9 Å². The van der Waals surface area contributed by atoms with E-state index in [1.165, 1.54) is 13.2 Å². The van der Waals surface area contributed by atoms with E-state index < -0.39 is 17.8 Å². The largest absolute Gasteiger partial charge is 0.433 e. The number of halogens is 4. The van der Waals surface area contributed by atoms with Crippen molar-refractivity contribution in [3.63, 3.8) is 0 Å². The molecule has 1 N–H and O–H groups in total. The highest BCUT2D eigenvalue weighted by Gasteiger charge is 2.34. The van der Waals surface area contributed by atoms with Crippen LogP contribution in [0.4, 0.5) is 23.5 Å². The van der Waals surface area contributed by atoms with E-state index >= 15 is 0 Å². The zero-order chi connectivity index (χ0) is 21.3. The predicted octanol–water partition coefficient (Wildman–Crippen LogP) is 3.31. The molecule has 12 heteroatoms. The maximum absolute atomic E-state index is 13.9. The molecule has 0 aliphatic heterocycles. The van der Waals surface area contributed by atoms with Gasteiger partial charge in [0.1, 0.15) is 0 Å². The Hall–Kier alpha value is -3.31. The Balaban J connectivity index is 1.97. The van der Waals surface area contributed by atoms with Crippen LogP contribution in [0.1, 0.15) is 29.6 Å². The SMILES string of the molecule is CCn1ncc(-c2cc(C(F)(F)F)nc(NN=Cc3c(C)nn(C)c3F)n2)c1C. The number of rotatable bonds is 5. The number of nitrogens with zero attached hydrogens (tertiary/aromatic N) is 7. The first-order valence-corrected chi connectivity index (χ1v) is 8.59. The number of hydrazone groups is 1. The molecule has 29 heavy (non-hydrogen) atoms. The Kier molecular flexibility index (Phi) is 5.36. The zero-order valence-electron chi connectivity index (χ0n) is 16.1. The number of nitrogens with one attached hydrogen (secondary N) is 1. The molecule has 3 aromatic rings. The number of hydrogen-bond donors (Lipinski definition) is 1. The van der Waals surface area contributed by atoms with Crippen LogP contribution in [0, 0.1) is 19.8 Å². The van der Waals surface area contributed by atoms with Gasteiger partial charge < -0.3 is 0 Å². The van der Waals surface area contributed by atoms with Gasteiger partial charge in [-0.15, -0.1) is 0 Å². The van der Waals surface area contributed by atoms with Crippen LogP contribution < -0.4 is 5.43 Å². The standard InChI is InChI=1S/C17H18F4N8/c1-5-29-10(3)12(8-23-29)13-6-14(17(19,20)21)25-16(24-13)26-22-7-11-9(2)27-28(4)15(11)18/h6-8H,5H2,1-4H3,(H,24,25,26). The van der Waals surface area contributed by atoms with Crippen LogP contribution in [0.15, 0.2) is 17.4 Å². The summed E-state index contributed by atoms with van der Waals surface area (Å²) in [5.74, 6) is -1.00. The van der Waals surface area contributed by atoms with Crippen LogP contribution >= 0.6 is 0 Å². The summed E-state index contributed by atoms with van der Waals surface area (Å²) in [7, 11) is 1.42. The van der Waals surface area contributed by atoms with E-state index in [0.717, 1.165) is 17.0 Å². The summed E-state index contributed by atoms with van der Waals surface area (Å²) in [5, 5.41) is 11.8. The van der Waals surface area contributed by atoms with Gasteiger partial charge in [0, 0.05) is 24.8 Å². The van der Waals surface area contributed by atoms with Crippen molar-refractivity contribution in [2.75, 3.05) is 5.43 Å². The molecule has 0 radical (unpaired) electrons. The molecule has 0 fully saturated rings. The lowest BCUT2D eigenvalue weighted by molar-refractivity contribution is -0.141. The molecule has 0 aliphatic carbocycles. The van der Waals surface area contributed by atoms with Crippen molar-refractivity contribution >= 4 is 12.2 Å². The van der Waals surface area contributed by atoms with E-state index in [0.29, 0.717) is 23.5 Å². The average Bonchev–Trinajstić information content (AvgIpc) is 3.14. The Morgan fingerprint density at radius 3 is 2.52 bits per heavy atom. The smallest absolute Gasteiger partial charge is 0.269 e. The lowest BCUT2D eigenvalue weighted by atomic mass is 10.1. The van der Waals surface area contributed by atoms with E-state index in [4.69, 9.17) is 0 Å². The van der Waals surface area contributed by atoms with Gasteiger partial charge in [-0.3, -0.25) is 4.68 Å². The third-order valence-corrected chi connectivity index (χ3v) is 4.25. The van der Waals surface area contributed by atoms with Gasteiger partial charge in [-0.2, -0.15) is 32.9 Å². The fraction of sp³-hybridized carbons (Fsp3) is 0.353. The maximum Gasteiger partial charge on any atom is 0.433 e. The third-order valence-electron chi connectivity index (χ3n) is 4.25. The van der Waals surface area contributed by atoms with Gasteiger partial charge in [-0.05, 0) is 26.8 Å². The van der Waals surface area contributed by atoms with Gasteiger partial charge in [0.15, 0.2) is 5.69 Å². The summed E-state index contributed by atoms with van der Waals surface area (Å²) in [6, 6.07) is 0.851. The average molecular weight is 410 g/mol. The zero-order valence-corrected chi connectivity index (χ0v) is 16.1. The molecule has 0 bridgehead atoms. The van der Waals surface area contributed by atoms with Gasteiger partial charge >= 0.3 is 6.18 Å². The van der Waals surface area contributed by atoms with Gasteiger partial charge in [-0.25, -0.2) is 20.1 Å². The van der Waals surface area contributed by atoms with E-state index in [9.17, 15) is 17.6 Å². The van der Waals surface area contributed by atoms with Crippen LogP contribution in [0.3, 0.4) is 0 Å². The second kappa shape index (κ2) is 7.60. The molecule has 0 saturated heterocycles. The fourth-order valence-corrected chi connectivity index (χ4v) is 2.74. The summed E-state index contributed by atoms with van der Waals surface area (Å²) in [4.78, 5) is 7.57. The molecular weight excluding hydrogens is 392 g/mol. The lowest BCUT2D eigenvalue weighted by Crippen LogP contribution is -2.11. The topological polar surface area (TPSA) is 85.8 Å². The second-order valence-electron chi connectivity index (χ2n) is 6.20. The molecule has 3 aromatic heterocycles. The molecule has 154 valence electrons. The first-order valence-electron chi connectivity index (χ1n) is 8.59. The van der Waals surface area contributed by atoms with Crippen LogP contribution in [-0.4, -0.2) is 35.7 Å². The van der Waals surface area contributed by atoms with Crippen LogP contribution in [0.2, 0.25) is 0 Å². The molecular formula is C17H18F4N8. The summed E-state index contributed by atoms with van der Waals surface area (Å²) in [6.07, 6.45) is -2.12. The van der Waals surface area contributed by atoms with E-state index in [-0.39, 0.29) is 17.2 Å². The summed E-state index contributed by atoms with van der Waals surface area (Å²) in [6.45, 7) is 5.75. The number of aromatic nitrogens is 6. The van der Waals surface area contributed by atoms with Crippen molar-refractivity contribution in [2.24, 2.45) is 12.1 Å². The Morgan fingerprint density at radius 1 is 1.24 bits per heavy atom. The molecule has 0 saturated carbocycles. The Morgan fingerprint density at radius 2 is 1.97 bits per heavy atom. The number of hydrogen-bond acceptors (Lipinski definition) is 6. The minimum absolute atomic E-state index is 0.0472. The predicted molar refractivity (Wildman–Crippen MR) is 97.8 cm³/mol. The maximum atomic E-state index is 13.9. The highest BCUT2D eigenvalue weighted by Crippen LogP contribution is 2.32. The Labute approximate surface area is 163 Å². The third kappa shape index (κ3) is 4.10. The van der Waals surface area contributed by atoms with Crippen molar-refractivity contribution in [3.05, 3.63) is 40.9 Å². The van der Waals surface area contributed by atoms with Gasteiger partial charge in [0.05, 0.1) is 29.4 Å². The van der Waals surface area contributed by atoms with Gasteiger partial charge in [0.25, 0.3) is 0 Å². The van der Waals surface area contributed by atoms with Crippen molar-refractivity contribution < 1.29 is 17.6 Å². The van der Waals surface area contributed by atoms with Crippen LogP contribution in [0.5, 0.6) is 0 Å². The molecule has 3 heterocycles. The molecule has 0 unspecified atom stereocenters. The normalized spacial score (nSPS) is 12.1. The monoisotopic (exact) mass is 410 g/mol. The van der Waals surface area contributed by atoms with Crippen LogP contribution in [-0.2, 0) is 19.8 Å². The minimum Gasteiger partial charge on any atom is -0.269 e. The number of aryl methyl sites for hydroxylation is 3. The quantitative estimate of drug-likeness (QED) is 0.396. The molecule has 0 spiro atoms. The first kappa shape index (κ1) is 20.4. The molecule has 0 aliphatic rings. The molecule has 3 rings (SSSR count). The minimum atomic E-state index is -4.68. The Bertz CT molecular complexity index is 1060. The molecule has 0 aromatic carbocycles. The van der Waals surface area contributed by atoms with Crippen molar-refractivity contribution in [1.29, 1.82) is 0 Å². The van der Waals surface area contributed by atoms with Gasteiger partial charge in [-0.1, -0.05) is 0 Å². The molecule has 0 atom stereocenters. The van der Waals surface area contributed by atoms with Crippen LogP contribution in [0.25, 0.3) is 11.3 Å². The lowest BCUT2D eigenvalue weighted by Gasteiger charge is -2.10. The van der Waals surface area contributed by atoms with Crippen molar-refractivity contribution in [2.45, 2.75) is 33.5 Å². The molecule has 8 nitrogen and oxygen atoms in total. The van der Waals surface area contributed by atoms with Crippen molar-refractivity contribution in [3.8, 4) is 11.3 Å². The van der Waals surface area contributed by atoms with E-state index in [1.807, 2.05) is 6.92 Å². The summed E-state index contributed by atoms with van der Waals surface area (Å²) >= 11 is 0. The summed E-state index contributed by atoms with van der Waals surface area (Å²) in [5.41, 5.74) is 2.85. The van der Waals surface area contributed by atoms with E-state index in [1.54, 1.807) is 18.5 Å².